The van der Waals surface area contributed by atoms with Crippen LogP contribution in [0.25, 0.3) is 0 Å². The third-order valence-electron chi connectivity index (χ3n) is 2.80. The van der Waals surface area contributed by atoms with E-state index in [-0.39, 0.29) is 0 Å². The van der Waals surface area contributed by atoms with Crippen LogP contribution in [0.3, 0.4) is 0 Å². The Kier molecular flexibility index (Phi) is 5.79. The second kappa shape index (κ2) is 7.39. The van der Waals surface area contributed by atoms with Crippen LogP contribution in [0.5, 0.6) is 0 Å². The summed E-state index contributed by atoms with van der Waals surface area (Å²) in [6.45, 7) is 5.59. The lowest BCUT2D eigenvalue weighted by atomic mass is 10.0. The molecule has 0 aromatic heterocycles. The van der Waals surface area contributed by atoms with Gasteiger partial charge in [0.2, 0.25) is 0 Å². The first kappa shape index (κ1) is 14.1. The van der Waals surface area contributed by atoms with E-state index in [2.05, 4.69) is 59.7 Å². The summed E-state index contributed by atoms with van der Waals surface area (Å²) in [7, 11) is 1.74. The molecule has 0 aliphatic rings. The summed E-state index contributed by atoms with van der Waals surface area (Å²) in [4.78, 5) is 4.10. The number of terminal acetylenes is 1. The number of hydrogen-bond acceptors (Lipinski definition) is 1. The van der Waals surface area contributed by atoms with Crippen molar-refractivity contribution in [2.75, 3.05) is 20.1 Å². The Labute approximate surface area is 110 Å². The quantitative estimate of drug-likeness (QED) is 0.481. The van der Waals surface area contributed by atoms with Crippen LogP contribution >= 0.6 is 0 Å². The van der Waals surface area contributed by atoms with Crippen molar-refractivity contribution in [2.45, 2.75) is 19.8 Å². The molecule has 1 aromatic rings. The van der Waals surface area contributed by atoms with Gasteiger partial charge in [0.25, 0.3) is 0 Å². The molecule has 3 heteroatoms. The van der Waals surface area contributed by atoms with Gasteiger partial charge in [-0.05, 0) is 18.4 Å². The molecule has 0 amide bonds. The summed E-state index contributed by atoms with van der Waals surface area (Å²) < 4.78 is 0. The van der Waals surface area contributed by atoms with E-state index in [9.17, 15) is 0 Å². The number of hydrogen-bond donors (Lipinski definition) is 2. The zero-order valence-corrected chi connectivity index (χ0v) is 11.3. The van der Waals surface area contributed by atoms with E-state index in [1.807, 2.05) is 0 Å². The molecule has 1 atom stereocenters. The average molecular weight is 243 g/mol. The molecule has 0 spiro atoms. The second-order valence-corrected chi connectivity index (χ2v) is 4.32. The van der Waals surface area contributed by atoms with E-state index < -0.39 is 0 Å². The topological polar surface area (TPSA) is 36.4 Å². The lowest BCUT2D eigenvalue weighted by Gasteiger charge is -2.15. The number of aliphatic imine (C=N–C) groups is 1. The molecule has 1 aromatic carbocycles. The van der Waals surface area contributed by atoms with Gasteiger partial charge in [-0.1, -0.05) is 42.7 Å². The monoisotopic (exact) mass is 243 g/mol. The molecular weight excluding hydrogens is 222 g/mol. The first-order valence-corrected chi connectivity index (χ1v) is 6.12. The summed E-state index contributed by atoms with van der Waals surface area (Å²) in [5.74, 6) is 3.69. The predicted octanol–water partition coefficient (Wildman–Crippen LogP) is 1.90. The van der Waals surface area contributed by atoms with Gasteiger partial charge >= 0.3 is 0 Å². The Morgan fingerprint density at radius 3 is 2.56 bits per heavy atom. The van der Waals surface area contributed by atoms with Crippen LogP contribution in [0.2, 0.25) is 0 Å². The lowest BCUT2D eigenvalue weighted by Crippen LogP contribution is -2.39. The third kappa shape index (κ3) is 4.50. The van der Waals surface area contributed by atoms with E-state index in [1.165, 1.54) is 11.1 Å². The molecule has 3 nitrogen and oxygen atoms in total. The second-order valence-electron chi connectivity index (χ2n) is 4.32. The van der Waals surface area contributed by atoms with Crippen molar-refractivity contribution >= 4 is 5.96 Å². The predicted molar refractivity (Wildman–Crippen MR) is 77.8 cm³/mol. The molecule has 0 aliphatic carbocycles. The molecular formula is C15H21N3. The van der Waals surface area contributed by atoms with Gasteiger partial charge in [-0.3, -0.25) is 4.99 Å². The van der Waals surface area contributed by atoms with Gasteiger partial charge in [0.15, 0.2) is 5.96 Å². The molecule has 0 saturated heterocycles. The minimum Gasteiger partial charge on any atom is -0.356 e. The minimum atomic E-state index is 0.426. The van der Waals surface area contributed by atoms with Gasteiger partial charge in [-0.25, -0.2) is 0 Å². The number of guanidine groups is 1. The normalized spacial score (nSPS) is 12.7. The molecule has 1 unspecified atom stereocenters. The Morgan fingerprint density at radius 2 is 2.00 bits per heavy atom. The molecule has 0 radical (unpaired) electrons. The maximum absolute atomic E-state index is 5.20. The summed E-state index contributed by atoms with van der Waals surface area (Å²) in [6.07, 6.45) is 5.20. The van der Waals surface area contributed by atoms with Crippen LogP contribution in [0.4, 0.5) is 0 Å². The van der Waals surface area contributed by atoms with Crippen molar-refractivity contribution in [1.29, 1.82) is 0 Å². The maximum Gasteiger partial charge on any atom is 0.191 e. The van der Waals surface area contributed by atoms with Gasteiger partial charge in [0.05, 0.1) is 6.54 Å². The third-order valence-corrected chi connectivity index (χ3v) is 2.80. The smallest absolute Gasteiger partial charge is 0.191 e. The number of nitrogens with one attached hydrogen (secondary N) is 2. The fourth-order valence-electron chi connectivity index (χ4n) is 1.62. The Balaban J connectivity index is 2.47. The summed E-state index contributed by atoms with van der Waals surface area (Å²) in [5.41, 5.74) is 2.60. The number of rotatable bonds is 4. The summed E-state index contributed by atoms with van der Waals surface area (Å²) in [5, 5.41) is 6.30. The van der Waals surface area contributed by atoms with E-state index in [0.29, 0.717) is 12.5 Å². The number of aryl methyl sites for hydroxylation is 1. The molecule has 0 saturated carbocycles. The van der Waals surface area contributed by atoms with Crippen LogP contribution in [-0.2, 0) is 0 Å². The SMILES string of the molecule is C#CCNC(=NC)NCC(C)c1ccc(C)cc1. The molecule has 0 heterocycles. The van der Waals surface area contributed by atoms with Crippen molar-refractivity contribution in [2.24, 2.45) is 4.99 Å². The Bertz CT molecular complexity index is 426. The first-order chi connectivity index (χ1) is 8.67. The fourth-order valence-corrected chi connectivity index (χ4v) is 1.62. The molecule has 1 rings (SSSR count). The highest BCUT2D eigenvalue weighted by atomic mass is 15.2. The van der Waals surface area contributed by atoms with Gasteiger partial charge in [-0.15, -0.1) is 6.42 Å². The van der Waals surface area contributed by atoms with Crippen LogP contribution in [0.1, 0.15) is 24.0 Å². The van der Waals surface area contributed by atoms with Gasteiger partial charge in [-0.2, -0.15) is 0 Å². The van der Waals surface area contributed by atoms with E-state index >= 15 is 0 Å². The summed E-state index contributed by atoms with van der Waals surface area (Å²) >= 11 is 0. The van der Waals surface area contributed by atoms with Crippen LogP contribution in [-0.4, -0.2) is 26.1 Å². The zero-order valence-electron chi connectivity index (χ0n) is 11.3. The van der Waals surface area contributed by atoms with Crippen LogP contribution in [0, 0.1) is 19.3 Å². The van der Waals surface area contributed by atoms with Crippen molar-refractivity contribution in [3.05, 3.63) is 35.4 Å². The van der Waals surface area contributed by atoms with Crippen molar-refractivity contribution in [3.8, 4) is 12.3 Å². The largest absolute Gasteiger partial charge is 0.356 e. The fraction of sp³-hybridized carbons (Fsp3) is 0.400. The molecule has 2 N–H and O–H groups in total. The Morgan fingerprint density at radius 1 is 1.33 bits per heavy atom. The molecule has 18 heavy (non-hydrogen) atoms. The first-order valence-electron chi connectivity index (χ1n) is 6.12. The Hall–Kier alpha value is -1.95. The number of benzene rings is 1. The molecule has 96 valence electrons. The zero-order chi connectivity index (χ0) is 13.4. The van der Waals surface area contributed by atoms with Crippen molar-refractivity contribution < 1.29 is 0 Å². The standard InChI is InChI=1S/C15H21N3/c1-5-10-17-15(16-4)18-11-13(3)14-8-6-12(2)7-9-14/h1,6-9,13H,10-11H2,2-4H3,(H2,16,17,18). The van der Waals surface area contributed by atoms with E-state index in [4.69, 9.17) is 6.42 Å². The van der Waals surface area contributed by atoms with Crippen LogP contribution in [0.15, 0.2) is 29.3 Å². The lowest BCUT2D eigenvalue weighted by molar-refractivity contribution is 0.706. The molecule has 0 fully saturated rings. The average Bonchev–Trinajstić information content (AvgIpc) is 2.39. The van der Waals surface area contributed by atoms with Crippen LogP contribution < -0.4 is 10.6 Å². The van der Waals surface area contributed by atoms with Crippen molar-refractivity contribution in [3.63, 3.8) is 0 Å². The highest BCUT2D eigenvalue weighted by molar-refractivity contribution is 5.79. The minimum absolute atomic E-state index is 0.426. The summed E-state index contributed by atoms with van der Waals surface area (Å²) in [6, 6.07) is 8.60. The molecule has 0 bridgehead atoms. The highest BCUT2D eigenvalue weighted by Crippen LogP contribution is 2.14. The van der Waals surface area contributed by atoms with E-state index in [1.54, 1.807) is 7.05 Å². The molecule has 0 aliphatic heterocycles. The van der Waals surface area contributed by atoms with Gasteiger partial charge in [0, 0.05) is 13.6 Å². The van der Waals surface area contributed by atoms with E-state index in [0.717, 1.165) is 12.5 Å². The van der Waals surface area contributed by atoms with Crippen molar-refractivity contribution in [1.82, 2.24) is 10.6 Å². The number of nitrogens with zero attached hydrogens (tertiary/aromatic N) is 1. The van der Waals surface area contributed by atoms with Gasteiger partial charge in [0.1, 0.15) is 0 Å². The maximum atomic E-state index is 5.20. The highest BCUT2D eigenvalue weighted by Gasteiger charge is 2.05. The van der Waals surface area contributed by atoms with Gasteiger partial charge < -0.3 is 10.6 Å².